The number of alkyl carbamates (subject to hydrolysis) is 1. The molecule has 7 nitrogen and oxygen atoms in total. The van der Waals surface area contributed by atoms with Crippen molar-refractivity contribution in [3.05, 3.63) is 34.9 Å². The van der Waals surface area contributed by atoms with Crippen LogP contribution in [0.4, 0.5) is 4.79 Å². The molecule has 2 N–H and O–H groups in total. The Labute approximate surface area is 218 Å². The Balaban J connectivity index is 3.58. The third-order valence-electron chi connectivity index (χ3n) is 6.33. The molecule has 0 aliphatic heterocycles. The first-order valence-electron chi connectivity index (χ1n) is 13.3. The summed E-state index contributed by atoms with van der Waals surface area (Å²) in [6.45, 7) is 21.0. The zero-order valence-corrected chi connectivity index (χ0v) is 24.3. The van der Waals surface area contributed by atoms with Gasteiger partial charge in [0.15, 0.2) is 0 Å². The third kappa shape index (κ3) is 9.14. The van der Waals surface area contributed by atoms with Gasteiger partial charge in [0.05, 0.1) is 0 Å². The van der Waals surface area contributed by atoms with Crippen molar-refractivity contribution >= 4 is 17.9 Å². The second kappa shape index (κ2) is 13.7. The van der Waals surface area contributed by atoms with E-state index in [1.165, 1.54) is 0 Å². The maximum Gasteiger partial charge on any atom is 0.408 e. The van der Waals surface area contributed by atoms with Gasteiger partial charge in [-0.05, 0) is 78.9 Å². The van der Waals surface area contributed by atoms with Gasteiger partial charge in [-0.15, -0.1) is 0 Å². The van der Waals surface area contributed by atoms with Crippen LogP contribution < -0.4 is 10.6 Å². The predicted molar refractivity (Wildman–Crippen MR) is 146 cm³/mol. The summed E-state index contributed by atoms with van der Waals surface area (Å²) in [6.07, 6.45) is 1.81. The van der Waals surface area contributed by atoms with Crippen LogP contribution in [0.15, 0.2) is 18.2 Å². The predicted octanol–water partition coefficient (Wildman–Crippen LogP) is 5.83. The first-order chi connectivity index (χ1) is 16.6. The number of nitrogens with zero attached hydrogens (tertiary/aromatic N) is 1. The number of carbonyl (C=O) groups excluding carboxylic acids is 3. The van der Waals surface area contributed by atoms with Crippen molar-refractivity contribution in [2.45, 2.75) is 125 Å². The number of amides is 3. The van der Waals surface area contributed by atoms with Crippen molar-refractivity contribution < 1.29 is 19.1 Å². The lowest BCUT2D eigenvalue weighted by Gasteiger charge is -2.39. The molecule has 0 aliphatic carbocycles. The number of nitrogens with one attached hydrogen (secondary N) is 2. The number of benzene rings is 1. The topological polar surface area (TPSA) is 87.7 Å². The van der Waals surface area contributed by atoms with Gasteiger partial charge in [0.25, 0.3) is 0 Å². The standard InChI is InChI=1S/C29H49N3O4/c1-12-14-22(8)30-26(33)25(23-17-19(5)15-16-21(23)7)32(18(3)4)27(34)24(20(6)13-2)31-28(35)36-29(9,10)11/h15-18,20,22,24-25H,12-14H2,1-11H3,(H,30,33)(H,31,35). The molecule has 0 aliphatic rings. The van der Waals surface area contributed by atoms with E-state index in [0.29, 0.717) is 6.42 Å². The van der Waals surface area contributed by atoms with E-state index in [-0.39, 0.29) is 29.8 Å². The Morgan fingerprint density at radius 2 is 1.61 bits per heavy atom. The summed E-state index contributed by atoms with van der Waals surface area (Å²) >= 11 is 0. The van der Waals surface area contributed by atoms with Crippen LogP contribution in [0, 0.1) is 19.8 Å². The molecule has 0 radical (unpaired) electrons. The minimum Gasteiger partial charge on any atom is -0.444 e. The smallest absolute Gasteiger partial charge is 0.408 e. The molecular weight excluding hydrogens is 454 g/mol. The van der Waals surface area contributed by atoms with Gasteiger partial charge >= 0.3 is 6.09 Å². The van der Waals surface area contributed by atoms with E-state index in [2.05, 4.69) is 17.6 Å². The number of hydrogen-bond donors (Lipinski definition) is 2. The molecule has 3 amide bonds. The summed E-state index contributed by atoms with van der Waals surface area (Å²) in [5, 5.41) is 5.93. The van der Waals surface area contributed by atoms with Crippen LogP contribution in [-0.4, -0.2) is 46.5 Å². The van der Waals surface area contributed by atoms with E-state index in [1.807, 2.05) is 66.7 Å². The van der Waals surface area contributed by atoms with Crippen LogP contribution in [0.5, 0.6) is 0 Å². The van der Waals surface area contributed by atoms with E-state index >= 15 is 0 Å². The van der Waals surface area contributed by atoms with Gasteiger partial charge < -0.3 is 20.3 Å². The minimum absolute atomic E-state index is 0.0236. The number of carbonyl (C=O) groups is 3. The molecule has 1 aromatic carbocycles. The molecule has 7 heteroatoms. The van der Waals surface area contributed by atoms with Gasteiger partial charge in [-0.3, -0.25) is 9.59 Å². The van der Waals surface area contributed by atoms with Crippen molar-refractivity contribution in [3.8, 4) is 0 Å². The number of rotatable bonds is 11. The van der Waals surface area contributed by atoms with Crippen LogP contribution in [0.25, 0.3) is 0 Å². The number of aryl methyl sites for hydroxylation is 2. The fraction of sp³-hybridized carbons (Fsp3) is 0.690. The van der Waals surface area contributed by atoms with Crippen LogP contribution in [0.1, 0.15) is 104 Å². The minimum atomic E-state index is -0.833. The molecule has 0 saturated carbocycles. The maximum atomic E-state index is 14.2. The van der Waals surface area contributed by atoms with Crippen LogP contribution >= 0.6 is 0 Å². The summed E-state index contributed by atoms with van der Waals surface area (Å²) in [6, 6.07) is 3.98. The molecule has 0 saturated heterocycles. The molecule has 4 atom stereocenters. The normalized spacial score (nSPS) is 15.0. The first-order valence-corrected chi connectivity index (χ1v) is 13.3. The molecular formula is C29H49N3O4. The molecule has 204 valence electrons. The van der Waals surface area contributed by atoms with Gasteiger partial charge in [0.2, 0.25) is 11.8 Å². The van der Waals surface area contributed by atoms with E-state index in [4.69, 9.17) is 4.74 Å². The Bertz CT molecular complexity index is 891. The molecule has 36 heavy (non-hydrogen) atoms. The highest BCUT2D eigenvalue weighted by molar-refractivity contribution is 5.92. The van der Waals surface area contributed by atoms with Crippen molar-refractivity contribution in [2.24, 2.45) is 5.92 Å². The largest absolute Gasteiger partial charge is 0.444 e. The van der Waals surface area contributed by atoms with Gasteiger partial charge in [0.1, 0.15) is 17.7 Å². The molecule has 0 bridgehead atoms. The Morgan fingerprint density at radius 1 is 1.00 bits per heavy atom. The SMILES string of the molecule is CCCC(C)NC(=O)C(c1cc(C)ccc1C)N(C(=O)C(NC(=O)OC(C)(C)C)C(C)CC)C(C)C. The van der Waals surface area contributed by atoms with Crippen LogP contribution in [0.3, 0.4) is 0 Å². The number of hydrogen-bond acceptors (Lipinski definition) is 4. The van der Waals surface area contributed by atoms with Gasteiger partial charge in [-0.25, -0.2) is 4.79 Å². The second-order valence-corrected chi connectivity index (χ2v) is 11.3. The molecule has 0 heterocycles. The molecule has 1 rings (SSSR count). The Hall–Kier alpha value is -2.57. The first kappa shape index (κ1) is 31.5. The zero-order valence-electron chi connectivity index (χ0n) is 24.3. The van der Waals surface area contributed by atoms with E-state index in [0.717, 1.165) is 29.5 Å². The quantitative estimate of drug-likeness (QED) is 0.398. The summed E-state index contributed by atoms with van der Waals surface area (Å²) in [5.74, 6) is -0.672. The van der Waals surface area contributed by atoms with E-state index in [1.54, 1.807) is 25.7 Å². The lowest BCUT2D eigenvalue weighted by molar-refractivity contribution is -0.145. The second-order valence-electron chi connectivity index (χ2n) is 11.3. The van der Waals surface area contributed by atoms with Crippen molar-refractivity contribution in [1.29, 1.82) is 0 Å². The maximum absolute atomic E-state index is 14.2. The fourth-order valence-corrected chi connectivity index (χ4v) is 4.26. The van der Waals surface area contributed by atoms with Gasteiger partial charge in [-0.2, -0.15) is 0 Å². The lowest BCUT2D eigenvalue weighted by Crippen LogP contribution is -2.57. The Kier molecular flexibility index (Phi) is 11.9. The van der Waals surface area contributed by atoms with Crippen molar-refractivity contribution in [3.63, 3.8) is 0 Å². The fourth-order valence-electron chi connectivity index (χ4n) is 4.26. The van der Waals surface area contributed by atoms with E-state index < -0.39 is 23.8 Å². The van der Waals surface area contributed by atoms with Crippen LogP contribution in [0.2, 0.25) is 0 Å². The Morgan fingerprint density at radius 3 is 2.11 bits per heavy atom. The summed E-state index contributed by atoms with van der Waals surface area (Å²) in [5.41, 5.74) is 2.04. The van der Waals surface area contributed by atoms with Gasteiger partial charge in [0, 0.05) is 12.1 Å². The average Bonchev–Trinajstić information content (AvgIpc) is 2.75. The van der Waals surface area contributed by atoms with Gasteiger partial charge in [-0.1, -0.05) is 57.4 Å². The van der Waals surface area contributed by atoms with Crippen LogP contribution in [-0.2, 0) is 14.3 Å². The lowest BCUT2D eigenvalue weighted by atomic mass is 9.92. The van der Waals surface area contributed by atoms with E-state index in [9.17, 15) is 14.4 Å². The van der Waals surface area contributed by atoms with Crippen molar-refractivity contribution in [2.75, 3.05) is 0 Å². The third-order valence-corrected chi connectivity index (χ3v) is 6.33. The highest BCUT2D eigenvalue weighted by Gasteiger charge is 2.40. The molecule has 1 aromatic rings. The van der Waals surface area contributed by atoms with Crippen molar-refractivity contribution in [1.82, 2.24) is 15.5 Å². The monoisotopic (exact) mass is 503 g/mol. The summed E-state index contributed by atoms with van der Waals surface area (Å²) < 4.78 is 5.46. The molecule has 4 unspecified atom stereocenters. The highest BCUT2D eigenvalue weighted by Crippen LogP contribution is 2.30. The molecule has 0 fully saturated rings. The number of ether oxygens (including phenoxy) is 1. The average molecular weight is 504 g/mol. The zero-order chi connectivity index (χ0) is 27.8. The highest BCUT2D eigenvalue weighted by atomic mass is 16.6. The summed E-state index contributed by atoms with van der Waals surface area (Å²) in [4.78, 5) is 42.3. The summed E-state index contributed by atoms with van der Waals surface area (Å²) in [7, 11) is 0. The molecule has 0 spiro atoms. The molecule has 0 aromatic heterocycles.